The summed E-state index contributed by atoms with van der Waals surface area (Å²) >= 11 is 6.30. The first-order valence-electron chi connectivity index (χ1n) is 12.0. The summed E-state index contributed by atoms with van der Waals surface area (Å²) in [6, 6.07) is 12.6. The van der Waals surface area contributed by atoms with Crippen LogP contribution >= 0.6 is 11.6 Å². The van der Waals surface area contributed by atoms with E-state index in [2.05, 4.69) is 5.32 Å². The molecule has 1 heterocycles. The first kappa shape index (κ1) is 27.1. The molecule has 0 saturated heterocycles. The summed E-state index contributed by atoms with van der Waals surface area (Å²) < 4.78 is 22.2. The van der Waals surface area contributed by atoms with Crippen LogP contribution in [0.2, 0.25) is 5.02 Å². The Morgan fingerprint density at radius 2 is 1.39 bits per heavy atom. The Morgan fingerprint density at radius 1 is 0.842 bits per heavy atom. The molecule has 0 amide bonds. The van der Waals surface area contributed by atoms with Crippen LogP contribution in [0.1, 0.15) is 50.4 Å². The standard InChI is InChI=1S/C28H26ClNO8/c1-5-35-26(33)28(27(34)36-6-2)22-21(23(30-28)17-10-9-11-18(29)14-17)24(37-15(3)31)19-12-7-8-13-20(19)25(22)38-16(4)32/h7-14,23,30H,5-6H2,1-4H3/t23-/m1/s1. The molecule has 0 spiro atoms. The van der Waals surface area contributed by atoms with Gasteiger partial charge in [-0.25, -0.2) is 9.59 Å². The van der Waals surface area contributed by atoms with Crippen molar-refractivity contribution in [3.8, 4) is 11.5 Å². The molecule has 1 N–H and O–H groups in total. The van der Waals surface area contributed by atoms with E-state index in [1.165, 1.54) is 13.8 Å². The second-order valence-electron chi connectivity index (χ2n) is 8.50. The van der Waals surface area contributed by atoms with Crippen molar-refractivity contribution in [3.63, 3.8) is 0 Å². The van der Waals surface area contributed by atoms with E-state index in [4.69, 9.17) is 30.5 Å². The van der Waals surface area contributed by atoms with E-state index in [-0.39, 0.29) is 35.8 Å². The predicted molar refractivity (Wildman–Crippen MR) is 138 cm³/mol. The van der Waals surface area contributed by atoms with Crippen molar-refractivity contribution in [3.05, 3.63) is 70.2 Å². The van der Waals surface area contributed by atoms with Crippen molar-refractivity contribution in [2.75, 3.05) is 13.2 Å². The third kappa shape index (κ3) is 4.59. The molecule has 0 saturated carbocycles. The highest BCUT2D eigenvalue weighted by molar-refractivity contribution is 6.30. The van der Waals surface area contributed by atoms with Gasteiger partial charge in [0, 0.05) is 40.8 Å². The zero-order valence-electron chi connectivity index (χ0n) is 21.3. The fourth-order valence-electron chi connectivity index (χ4n) is 4.73. The van der Waals surface area contributed by atoms with E-state index in [1.807, 2.05) is 0 Å². The second-order valence-corrected chi connectivity index (χ2v) is 8.94. The number of carbonyl (C=O) groups is 4. The summed E-state index contributed by atoms with van der Waals surface area (Å²) in [6.07, 6.45) is 0. The molecule has 3 aromatic carbocycles. The van der Waals surface area contributed by atoms with Crippen molar-refractivity contribution in [2.24, 2.45) is 0 Å². The number of rotatable bonds is 7. The number of benzene rings is 3. The van der Waals surface area contributed by atoms with Crippen molar-refractivity contribution in [1.82, 2.24) is 5.32 Å². The van der Waals surface area contributed by atoms with Crippen LogP contribution in [-0.2, 0) is 34.2 Å². The highest BCUT2D eigenvalue weighted by Gasteiger charge is 2.61. The summed E-state index contributed by atoms with van der Waals surface area (Å²) in [5.74, 6) is -3.23. The van der Waals surface area contributed by atoms with Crippen molar-refractivity contribution in [1.29, 1.82) is 0 Å². The molecule has 0 aliphatic carbocycles. The number of hydrogen-bond donors (Lipinski definition) is 1. The molecular formula is C28H26ClNO8. The molecule has 10 heteroatoms. The lowest BCUT2D eigenvalue weighted by Crippen LogP contribution is -2.54. The summed E-state index contributed by atoms with van der Waals surface area (Å²) in [6.45, 7) is 5.53. The van der Waals surface area contributed by atoms with E-state index in [0.717, 1.165) is 0 Å². The maximum absolute atomic E-state index is 13.7. The Morgan fingerprint density at radius 3 is 1.92 bits per heavy atom. The molecule has 1 atom stereocenters. The summed E-state index contributed by atoms with van der Waals surface area (Å²) in [5.41, 5.74) is -1.52. The van der Waals surface area contributed by atoms with Gasteiger partial charge in [-0.05, 0) is 31.5 Å². The number of nitrogens with one attached hydrogen (secondary N) is 1. The molecule has 0 fully saturated rings. The highest BCUT2D eigenvalue weighted by Crippen LogP contribution is 2.54. The molecule has 0 unspecified atom stereocenters. The normalized spacial score (nSPS) is 15.4. The van der Waals surface area contributed by atoms with Crippen LogP contribution in [0.25, 0.3) is 10.8 Å². The van der Waals surface area contributed by atoms with Crippen molar-refractivity contribution >= 4 is 46.3 Å². The van der Waals surface area contributed by atoms with Gasteiger partial charge in [-0.1, -0.05) is 48.0 Å². The largest absolute Gasteiger partial charge is 0.464 e. The number of halogens is 1. The summed E-state index contributed by atoms with van der Waals surface area (Å²) in [7, 11) is 0. The third-order valence-electron chi connectivity index (χ3n) is 6.02. The maximum atomic E-state index is 13.7. The van der Waals surface area contributed by atoms with Gasteiger partial charge in [0.15, 0.2) is 0 Å². The third-order valence-corrected chi connectivity index (χ3v) is 6.25. The van der Waals surface area contributed by atoms with Crippen LogP contribution in [0.4, 0.5) is 0 Å². The smallest absolute Gasteiger partial charge is 0.343 e. The lowest BCUT2D eigenvalue weighted by molar-refractivity contribution is -0.167. The molecule has 38 heavy (non-hydrogen) atoms. The number of ether oxygens (including phenoxy) is 4. The lowest BCUT2D eigenvalue weighted by atomic mass is 9.85. The maximum Gasteiger partial charge on any atom is 0.343 e. The fourth-order valence-corrected chi connectivity index (χ4v) is 4.93. The average Bonchev–Trinajstić information content (AvgIpc) is 3.23. The number of hydrogen-bond acceptors (Lipinski definition) is 9. The minimum atomic E-state index is -2.27. The average molecular weight is 540 g/mol. The van der Waals surface area contributed by atoms with E-state index in [0.29, 0.717) is 21.4 Å². The quantitative estimate of drug-likeness (QED) is 0.265. The molecule has 1 aliphatic rings. The lowest BCUT2D eigenvalue weighted by Gasteiger charge is -2.28. The molecule has 3 aromatic rings. The van der Waals surface area contributed by atoms with Crippen LogP contribution in [-0.4, -0.2) is 37.1 Å². The molecule has 0 aromatic heterocycles. The van der Waals surface area contributed by atoms with Crippen molar-refractivity contribution in [2.45, 2.75) is 39.3 Å². The summed E-state index contributed by atoms with van der Waals surface area (Å²) in [5, 5.41) is 4.25. The van der Waals surface area contributed by atoms with Crippen LogP contribution in [0.5, 0.6) is 11.5 Å². The molecule has 198 valence electrons. The first-order valence-corrected chi connectivity index (χ1v) is 12.4. The van der Waals surface area contributed by atoms with Crippen LogP contribution in [0.3, 0.4) is 0 Å². The van der Waals surface area contributed by atoms with Gasteiger partial charge in [0.1, 0.15) is 11.5 Å². The first-order chi connectivity index (χ1) is 18.1. The van der Waals surface area contributed by atoms with Gasteiger partial charge < -0.3 is 18.9 Å². The second kappa shape index (κ2) is 10.8. The molecule has 0 radical (unpaired) electrons. The molecule has 0 bridgehead atoms. The predicted octanol–water partition coefficient (Wildman–Crippen LogP) is 4.36. The van der Waals surface area contributed by atoms with Gasteiger partial charge in [-0.15, -0.1) is 0 Å². The van der Waals surface area contributed by atoms with Gasteiger partial charge >= 0.3 is 23.9 Å². The molecule has 4 rings (SSSR count). The number of carbonyl (C=O) groups excluding carboxylic acids is 4. The van der Waals surface area contributed by atoms with Gasteiger partial charge in [-0.2, -0.15) is 0 Å². The number of esters is 4. The Kier molecular flexibility index (Phi) is 7.71. The fraction of sp³-hybridized carbons (Fsp3) is 0.286. The highest BCUT2D eigenvalue weighted by atomic mass is 35.5. The van der Waals surface area contributed by atoms with Gasteiger partial charge in [0.2, 0.25) is 5.54 Å². The monoisotopic (exact) mass is 539 g/mol. The topological polar surface area (TPSA) is 117 Å². The number of fused-ring (bicyclic) bond motifs is 2. The Hall–Kier alpha value is -3.95. The van der Waals surface area contributed by atoms with E-state index in [9.17, 15) is 19.2 Å². The van der Waals surface area contributed by atoms with E-state index >= 15 is 0 Å². The van der Waals surface area contributed by atoms with Gasteiger partial charge in [-0.3, -0.25) is 14.9 Å². The van der Waals surface area contributed by atoms with Gasteiger partial charge in [0.25, 0.3) is 0 Å². The Balaban J connectivity index is 2.24. The zero-order chi connectivity index (χ0) is 27.6. The Labute approximate surface area is 223 Å². The molecular weight excluding hydrogens is 514 g/mol. The zero-order valence-corrected chi connectivity index (χ0v) is 22.0. The van der Waals surface area contributed by atoms with Crippen LogP contribution < -0.4 is 14.8 Å². The molecule has 1 aliphatic heterocycles. The molecule has 9 nitrogen and oxygen atoms in total. The van der Waals surface area contributed by atoms with E-state index < -0.39 is 35.5 Å². The summed E-state index contributed by atoms with van der Waals surface area (Å²) in [4.78, 5) is 52.1. The van der Waals surface area contributed by atoms with Crippen LogP contribution in [0, 0.1) is 0 Å². The van der Waals surface area contributed by atoms with Gasteiger partial charge in [0.05, 0.1) is 19.3 Å². The SMILES string of the molecule is CCOC(=O)C1(C(=O)OCC)N[C@H](c2cccc(Cl)c2)c2c1c(OC(C)=O)c1ccccc1c2OC(C)=O. The van der Waals surface area contributed by atoms with Crippen molar-refractivity contribution < 1.29 is 38.1 Å². The van der Waals surface area contributed by atoms with Crippen LogP contribution in [0.15, 0.2) is 48.5 Å². The minimum Gasteiger partial charge on any atom is -0.464 e. The Bertz CT molecular complexity index is 1430. The van der Waals surface area contributed by atoms with E-state index in [1.54, 1.807) is 62.4 Å². The minimum absolute atomic E-state index is 0.0375.